The number of carbonyl (C=O) groups is 2. The molecular formula is C16H12ClN3O4S. The molecule has 1 aromatic carbocycles. The maximum absolute atomic E-state index is 12.3. The van der Waals surface area contributed by atoms with Crippen molar-refractivity contribution in [3.63, 3.8) is 0 Å². The standard InChI is InChI=1S/C16H12ClN3O4S/c1-23-13-3-2-10(17)6-11(13)18-15(22)12-7-24-16(19-12)20-14(21)9-4-5-25-8-9/h2-8H,1H3,(H,18,22)(H,19,20,21). The number of thiophene rings is 1. The van der Waals surface area contributed by atoms with E-state index >= 15 is 0 Å². The summed E-state index contributed by atoms with van der Waals surface area (Å²) in [5.74, 6) is -0.445. The lowest BCUT2D eigenvalue weighted by Crippen LogP contribution is -2.14. The maximum Gasteiger partial charge on any atom is 0.302 e. The van der Waals surface area contributed by atoms with Crippen LogP contribution in [-0.4, -0.2) is 23.9 Å². The molecule has 3 aromatic rings. The number of hydrogen-bond acceptors (Lipinski definition) is 6. The van der Waals surface area contributed by atoms with Gasteiger partial charge in [0.2, 0.25) is 0 Å². The Morgan fingerprint density at radius 1 is 1.24 bits per heavy atom. The summed E-state index contributed by atoms with van der Waals surface area (Å²) >= 11 is 7.32. The number of oxazole rings is 1. The highest BCUT2D eigenvalue weighted by Gasteiger charge is 2.16. The van der Waals surface area contributed by atoms with Gasteiger partial charge in [0.25, 0.3) is 11.8 Å². The number of benzene rings is 1. The van der Waals surface area contributed by atoms with Gasteiger partial charge in [-0.15, -0.1) is 0 Å². The third kappa shape index (κ3) is 3.98. The average molecular weight is 378 g/mol. The number of rotatable bonds is 5. The molecule has 0 spiro atoms. The highest BCUT2D eigenvalue weighted by atomic mass is 35.5. The molecule has 2 heterocycles. The smallest absolute Gasteiger partial charge is 0.302 e. The molecule has 128 valence electrons. The van der Waals surface area contributed by atoms with Crippen LogP contribution in [0.25, 0.3) is 0 Å². The van der Waals surface area contributed by atoms with Crippen molar-refractivity contribution in [2.75, 3.05) is 17.7 Å². The van der Waals surface area contributed by atoms with Crippen molar-refractivity contribution in [3.05, 3.63) is 57.6 Å². The highest BCUT2D eigenvalue weighted by Crippen LogP contribution is 2.28. The van der Waals surface area contributed by atoms with Gasteiger partial charge in [-0.1, -0.05) is 11.6 Å². The molecule has 0 aliphatic carbocycles. The summed E-state index contributed by atoms with van der Waals surface area (Å²) in [4.78, 5) is 28.2. The van der Waals surface area contributed by atoms with Crippen molar-refractivity contribution in [1.29, 1.82) is 0 Å². The Morgan fingerprint density at radius 3 is 2.80 bits per heavy atom. The van der Waals surface area contributed by atoms with E-state index in [0.717, 1.165) is 6.26 Å². The van der Waals surface area contributed by atoms with Crippen LogP contribution in [0.3, 0.4) is 0 Å². The Labute approximate surface area is 151 Å². The van der Waals surface area contributed by atoms with E-state index in [-0.39, 0.29) is 17.6 Å². The van der Waals surface area contributed by atoms with Crippen molar-refractivity contribution < 1.29 is 18.7 Å². The van der Waals surface area contributed by atoms with E-state index in [0.29, 0.717) is 22.0 Å². The summed E-state index contributed by atoms with van der Waals surface area (Å²) in [5, 5.41) is 9.03. The van der Waals surface area contributed by atoms with Crippen molar-refractivity contribution in [3.8, 4) is 5.75 Å². The van der Waals surface area contributed by atoms with Gasteiger partial charge in [0.05, 0.1) is 18.4 Å². The first-order valence-corrected chi connectivity index (χ1v) is 8.33. The van der Waals surface area contributed by atoms with Crippen LogP contribution in [0.1, 0.15) is 20.8 Å². The monoisotopic (exact) mass is 377 g/mol. The van der Waals surface area contributed by atoms with E-state index in [9.17, 15) is 9.59 Å². The normalized spacial score (nSPS) is 10.3. The second-order valence-electron chi connectivity index (χ2n) is 4.80. The van der Waals surface area contributed by atoms with Crippen molar-refractivity contribution >= 4 is 46.5 Å². The number of methoxy groups -OCH3 is 1. The van der Waals surface area contributed by atoms with Gasteiger partial charge < -0.3 is 14.5 Å². The minimum Gasteiger partial charge on any atom is -0.495 e. The summed E-state index contributed by atoms with van der Waals surface area (Å²) in [6.07, 6.45) is 1.15. The van der Waals surface area contributed by atoms with E-state index in [1.54, 1.807) is 35.0 Å². The molecule has 7 nitrogen and oxygen atoms in total. The molecular weight excluding hydrogens is 366 g/mol. The number of hydrogen-bond donors (Lipinski definition) is 2. The zero-order chi connectivity index (χ0) is 17.8. The molecule has 25 heavy (non-hydrogen) atoms. The van der Waals surface area contributed by atoms with Crippen LogP contribution in [-0.2, 0) is 0 Å². The zero-order valence-electron chi connectivity index (χ0n) is 12.9. The molecule has 0 radical (unpaired) electrons. The highest BCUT2D eigenvalue weighted by molar-refractivity contribution is 7.08. The molecule has 0 aliphatic heterocycles. The molecule has 2 aromatic heterocycles. The van der Waals surface area contributed by atoms with E-state index in [4.69, 9.17) is 20.8 Å². The fourth-order valence-corrected chi connectivity index (χ4v) is 2.77. The van der Waals surface area contributed by atoms with E-state index < -0.39 is 5.91 Å². The first-order valence-electron chi connectivity index (χ1n) is 7.01. The molecule has 2 amide bonds. The lowest BCUT2D eigenvalue weighted by atomic mass is 10.3. The summed E-state index contributed by atoms with van der Waals surface area (Å²) in [6.45, 7) is 0. The van der Waals surface area contributed by atoms with Gasteiger partial charge in [-0.2, -0.15) is 16.3 Å². The van der Waals surface area contributed by atoms with E-state index in [2.05, 4.69) is 15.6 Å². The molecule has 9 heteroatoms. The van der Waals surface area contributed by atoms with Crippen LogP contribution in [0.2, 0.25) is 5.02 Å². The Hall–Kier alpha value is -2.84. The number of amides is 2. The van der Waals surface area contributed by atoms with Gasteiger partial charge in [-0.25, -0.2) is 0 Å². The van der Waals surface area contributed by atoms with Crippen LogP contribution in [0, 0.1) is 0 Å². The maximum atomic E-state index is 12.3. The third-order valence-corrected chi connectivity index (χ3v) is 4.07. The number of carbonyl (C=O) groups excluding carboxylic acids is 2. The van der Waals surface area contributed by atoms with E-state index in [1.807, 2.05) is 0 Å². The van der Waals surface area contributed by atoms with Crippen LogP contribution in [0.4, 0.5) is 11.7 Å². The molecule has 0 bridgehead atoms. The number of ether oxygens (including phenoxy) is 1. The molecule has 3 rings (SSSR count). The first-order chi connectivity index (χ1) is 12.1. The summed E-state index contributed by atoms with van der Waals surface area (Å²) < 4.78 is 10.3. The molecule has 2 N–H and O–H groups in total. The lowest BCUT2D eigenvalue weighted by molar-refractivity contribution is 0.101. The fourth-order valence-electron chi connectivity index (χ4n) is 1.96. The largest absolute Gasteiger partial charge is 0.495 e. The lowest BCUT2D eigenvalue weighted by Gasteiger charge is -2.09. The Bertz CT molecular complexity index is 908. The molecule has 0 fully saturated rings. The van der Waals surface area contributed by atoms with Gasteiger partial charge in [0, 0.05) is 10.4 Å². The topological polar surface area (TPSA) is 93.5 Å². The summed E-state index contributed by atoms with van der Waals surface area (Å²) in [7, 11) is 1.48. The van der Waals surface area contributed by atoms with Gasteiger partial charge in [-0.05, 0) is 29.6 Å². The second kappa shape index (κ2) is 7.37. The predicted octanol–water partition coefficient (Wildman–Crippen LogP) is 3.90. The number of anilines is 2. The average Bonchev–Trinajstić information content (AvgIpc) is 3.27. The number of nitrogens with one attached hydrogen (secondary N) is 2. The quantitative estimate of drug-likeness (QED) is 0.703. The van der Waals surface area contributed by atoms with Crippen LogP contribution >= 0.6 is 22.9 Å². The Morgan fingerprint density at radius 2 is 2.08 bits per heavy atom. The number of halogens is 1. The first kappa shape index (κ1) is 17.0. The minimum absolute atomic E-state index is 0.00245. The SMILES string of the molecule is COc1ccc(Cl)cc1NC(=O)c1coc(NC(=O)c2ccsc2)n1. The second-order valence-corrected chi connectivity index (χ2v) is 6.02. The van der Waals surface area contributed by atoms with Crippen LogP contribution < -0.4 is 15.4 Å². The zero-order valence-corrected chi connectivity index (χ0v) is 14.5. The van der Waals surface area contributed by atoms with E-state index in [1.165, 1.54) is 18.4 Å². The van der Waals surface area contributed by atoms with Crippen LogP contribution in [0.5, 0.6) is 5.75 Å². The summed E-state index contributed by atoms with van der Waals surface area (Å²) in [5.41, 5.74) is 0.882. The van der Waals surface area contributed by atoms with Gasteiger partial charge in [-0.3, -0.25) is 14.9 Å². The predicted molar refractivity (Wildman–Crippen MR) is 94.7 cm³/mol. The number of aromatic nitrogens is 1. The van der Waals surface area contributed by atoms with Crippen LogP contribution in [0.15, 0.2) is 45.7 Å². The molecule has 0 atom stereocenters. The number of nitrogens with zero attached hydrogens (tertiary/aromatic N) is 1. The van der Waals surface area contributed by atoms with Crippen molar-refractivity contribution in [2.45, 2.75) is 0 Å². The van der Waals surface area contributed by atoms with Gasteiger partial charge in [0.15, 0.2) is 5.69 Å². The van der Waals surface area contributed by atoms with Crippen molar-refractivity contribution in [2.24, 2.45) is 0 Å². The molecule has 0 unspecified atom stereocenters. The Balaban J connectivity index is 1.71. The molecule has 0 saturated heterocycles. The Kier molecular flexibility index (Phi) is 5.01. The van der Waals surface area contributed by atoms with Crippen molar-refractivity contribution in [1.82, 2.24) is 4.98 Å². The summed E-state index contributed by atoms with van der Waals surface area (Å²) in [6, 6.07) is 6.43. The third-order valence-electron chi connectivity index (χ3n) is 3.15. The molecule has 0 saturated carbocycles. The van der Waals surface area contributed by atoms with Gasteiger partial charge >= 0.3 is 6.01 Å². The minimum atomic E-state index is -0.527. The molecule has 0 aliphatic rings. The fraction of sp³-hybridized carbons (Fsp3) is 0.0625. The van der Waals surface area contributed by atoms with Gasteiger partial charge in [0.1, 0.15) is 12.0 Å².